The average molecular weight is 297 g/mol. The first-order chi connectivity index (χ1) is 10.3. The van der Waals surface area contributed by atoms with E-state index in [1.54, 1.807) is 6.07 Å². The summed E-state index contributed by atoms with van der Waals surface area (Å²) in [6.45, 7) is 0. The Balaban J connectivity index is 1.86. The van der Waals surface area contributed by atoms with Crippen molar-refractivity contribution < 1.29 is 14.0 Å². The zero-order valence-electron chi connectivity index (χ0n) is 10.5. The molecule has 0 aliphatic carbocycles. The van der Waals surface area contributed by atoms with Crippen molar-refractivity contribution in [2.75, 3.05) is 0 Å². The number of furan rings is 1. The monoisotopic (exact) mass is 297 g/mol. The lowest BCUT2D eigenvalue weighted by Crippen LogP contribution is -2.03. The number of nitriles is 1. The molecule has 0 aliphatic heterocycles. The van der Waals surface area contributed by atoms with Crippen molar-refractivity contribution in [1.29, 1.82) is 5.26 Å². The molecule has 0 aliphatic rings. The Morgan fingerprint density at radius 1 is 1.33 bits per heavy atom. The minimum atomic E-state index is -0.770. The lowest BCUT2D eigenvalue weighted by atomic mass is 10.3. The number of carbonyl (C=O) groups excluding carboxylic acids is 1. The molecule has 0 amide bonds. The Hall–Kier alpha value is -2.98. The number of carbonyl (C=O) groups is 1. The number of para-hydroxylation sites is 1. The van der Waals surface area contributed by atoms with Gasteiger partial charge in [-0.3, -0.25) is 0 Å². The molecule has 0 atom stereocenters. The van der Waals surface area contributed by atoms with Gasteiger partial charge in [-0.05, 0) is 24.3 Å². The first-order valence-electron chi connectivity index (χ1n) is 5.87. The van der Waals surface area contributed by atoms with E-state index in [1.165, 1.54) is 23.7 Å². The Kier molecular flexibility index (Phi) is 3.45. The molecule has 2 aromatic heterocycles. The second kappa shape index (κ2) is 5.56. The van der Waals surface area contributed by atoms with Crippen LogP contribution in [0.1, 0.15) is 15.6 Å². The summed E-state index contributed by atoms with van der Waals surface area (Å²) in [6.07, 6.45) is 1.35. The van der Waals surface area contributed by atoms with Crippen LogP contribution in [0.3, 0.4) is 0 Å². The summed E-state index contributed by atoms with van der Waals surface area (Å²) in [5.41, 5.74) is 0.703. The Bertz CT molecular complexity index is 826. The first-order valence-corrected chi connectivity index (χ1v) is 6.68. The second-order valence-corrected chi connectivity index (χ2v) is 4.93. The molecule has 6 nitrogen and oxygen atoms in total. The third kappa shape index (κ3) is 2.66. The fraction of sp³-hybridized carbons (Fsp3) is 0. The van der Waals surface area contributed by atoms with Gasteiger partial charge in [-0.1, -0.05) is 17.3 Å². The maximum absolute atomic E-state index is 11.6. The van der Waals surface area contributed by atoms with Gasteiger partial charge in [0.05, 0.1) is 16.5 Å². The Labute approximate surface area is 122 Å². The molecule has 0 unspecified atom stereocenters. The van der Waals surface area contributed by atoms with Crippen LogP contribution in [0.15, 0.2) is 52.2 Å². The fourth-order valence-electron chi connectivity index (χ4n) is 1.61. The predicted molar refractivity (Wildman–Crippen MR) is 75.9 cm³/mol. The van der Waals surface area contributed by atoms with Crippen molar-refractivity contribution in [3.8, 4) is 6.07 Å². The number of rotatable bonds is 3. The third-order valence-electron chi connectivity index (χ3n) is 2.54. The highest BCUT2D eigenvalue weighted by Crippen LogP contribution is 2.22. The van der Waals surface area contributed by atoms with E-state index in [1.807, 2.05) is 30.3 Å². The molecule has 0 saturated carbocycles. The van der Waals surface area contributed by atoms with Gasteiger partial charge in [-0.2, -0.15) is 5.26 Å². The molecule has 21 heavy (non-hydrogen) atoms. The number of fused-ring (bicyclic) bond motifs is 1. The molecule has 0 N–H and O–H groups in total. The summed E-state index contributed by atoms with van der Waals surface area (Å²) >= 11 is 1.30. The molecule has 0 bridgehead atoms. The van der Waals surface area contributed by atoms with Crippen molar-refractivity contribution in [1.82, 2.24) is 4.98 Å². The van der Waals surface area contributed by atoms with E-state index >= 15 is 0 Å². The van der Waals surface area contributed by atoms with Gasteiger partial charge in [-0.25, -0.2) is 9.78 Å². The lowest BCUT2D eigenvalue weighted by Gasteiger charge is -1.94. The van der Waals surface area contributed by atoms with E-state index < -0.39 is 5.97 Å². The van der Waals surface area contributed by atoms with Crippen LogP contribution >= 0.6 is 11.3 Å². The van der Waals surface area contributed by atoms with Crippen LogP contribution in [-0.2, 0) is 4.84 Å². The summed E-state index contributed by atoms with van der Waals surface area (Å²) in [5, 5.41) is 13.1. The predicted octanol–water partition coefficient (Wildman–Crippen LogP) is 2.97. The van der Waals surface area contributed by atoms with Crippen LogP contribution in [0.25, 0.3) is 10.2 Å². The number of benzene rings is 1. The number of oxime groups is 1. The summed E-state index contributed by atoms with van der Waals surface area (Å²) in [6, 6.07) is 12.3. The van der Waals surface area contributed by atoms with E-state index in [-0.39, 0.29) is 11.5 Å². The van der Waals surface area contributed by atoms with Gasteiger partial charge < -0.3 is 9.25 Å². The maximum atomic E-state index is 11.6. The van der Waals surface area contributed by atoms with E-state index in [9.17, 15) is 4.79 Å². The van der Waals surface area contributed by atoms with Crippen molar-refractivity contribution >= 4 is 33.2 Å². The quantitative estimate of drug-likeness (QED) is 0.421. The minimum Gasteiger partial charge on any atom is -0.457 e. The molecule has 2 heterocycles. The number of hydrogen-bond donors (Lipinski definition) is 0. The largest absolute Gasteiger partial charge is 0.457 e. The summed E-state index contributed by atoms with van der Waals surface area (Å²) in [5.74, 6) is -0.755. The van der Waals surface area contributed by atoms with Crippen LogP contribution in [-0.4, -0.2) is 16.7 Å². The van der Waals surface area contributed by atoms with Crippen LogP contribution in [0.2, 0.25) is 0 Å². The summed E-state index contributed by atoms with van der Waals surface area (Å²) < 4.78 is 5.80. The number of nitrogens with zero attached hydrogens (tertiary/aromatic N) is 3. The number of thiazole rings is 1. The van der Waals surface area contributed by atoms with Crippen molar-refractivity contribution in [3.05, 3.63) is 53.4 Å². The molecule has 0 fully saturated rings. The van der Waals surface area contributed by atoms with E-state index in [0.29, 0.717) is 5.01 Å². The average Bonchev–Trinajstić information content (AvgIpc) is 3.17. The molecule has 0 radical (unpaired) electrons. The zero-order valence-corrected chi connectivity index (χ0v) is 11.3. The van der Waals surface area contributed by atoms with Gasteiger partial charge in [-0.15, -0.1) is 11.3 Å². The standard InChI is InChI=1S/C14H7N3O3S/c15-8-10(17-20-14(18)11-5-3-7-19-11)13-16-9-4-1-2-6-12(9)21-13/h1-7H/b17-10+. The highest BCUT2D eigenvalue weighted by Gasteiger charge is 2.14. The third-order valence-corrected chi connectivity index (χ3v) is 3.59. The van der Waals surface area contributed by atoms with Crippen molar-refractivity contribution in [3.63, 3.8) is 0 Å². The van der Waals surface area contributed by atoms with Crippen LogP contribution in [0.4, 0.5) is 0 Å². The van der Waals surface area contributed by atoms with Gasteiger partial charge in [0, 0.05) is 0 Å². The molecular formula is C14H7N3O3S. The van der Waals surface area contributed by atoms with Gasteiger partial charge in [0.25, 0.3) is 0 Å². The van der Waals surface area contributed by atoms with E-state index in [2.05, 4.69) is 15.0 Å². The van der Waals surface area contributed by atoms with Crippen molar-refractivity contribution in [2.45, 2.75) is 0 Å². The highest BCUT2D eigenvalue weighted by molar-refractivity contribution is 7.20. The number of hydrogen-bond acceptors (Lipinski definition) is 7. The van der Waals surface area contributed by atoms with Crippen molar-refractivity contribution in [2.24, 2.45) is 5.16 Å². The van der Waals surface area contributed by atoms with E-state index in [0.717, 1.165) is 10.2 Å². The van der Waals surface area contributed by atoms with Gasteiger partial charge in [0.15, 0.2) is 5.01 Å². The Morgan fingerprint density at radius 2 is 2.19 bits per heavy atom. The number of aromatic nitrogens is 1. The SMILES string of the molecule is N#C/C(=N\OC(=O)c1ccco1)c1nc2ccccc2s1. The molecule has 1 aromatic carbocycles. The highest BCUT2D eigenvalue weighted by atomic mass is 32.1. The normalized spacial score (nSPS) is 11.3. The topological polar surface area (TPSA) is 88.5 Å². The minimum absolute atomic E-state index is 0.0142. The summed E-state index contributed by atoms with van der Waals surface area (Å²) in [4.78, 5) is 20.5. The lowest BCUT2D eigenvalue weighted by molar-refractivity contribution is 0.0481. The maximum Gasteiger partial charge on any atom is 0.400 e. The molecule has 0 spiro atoms. The summed E-state index contributed by atoms with van der Waals surface area (Å²) in [7, 11) is 0. The first kappa shape index (κ1) is 13.0. The van der Waals surface area contributed by atoms with Gasteiger partial charge in [0.2, 0.25) is 11.5 Å². The molecule has 3 aromatic rings. The Morgan fingerprint density at radius 3 is 2.90 bits per heavy atom. The van der Waals surface area contributed by atoms with Gasteiger partial charge >= 0.3 is 5.97 Å². The molecular weight excluding hydrogens is 290 g/mol. The van der Waals surface area contributed by atoms with Crippen LogP contribution in [0.5, 0.6) is 0 Å². The van der Waals surface area contributed by atoms with Crippen LogP contribution < -0.4 is 0 Å². The molecule has 7 heteroatoms. The fourth-order valence-corrected chi connectivity index (χ4v) is 2.50. The van der Waals surface area contributed by atoms with Crippen LogP contribution in [0, 0.1) is 11.3 Å². The van der Waals surface area contributed by atoms with Gasteiger partial charge in [0.1, 0.15) is 6.07 Å². The molecule has 3 rings (SSSR count). The zero-order chi connectivity index (χ0) is 14.7. The molecule has 0 saturated heterocycles. The van der Waals surface area contributed by atoms with E-state index in [4.69, 9.17) is 9.68 Å². The molecule has 102 valence electrons. The smallest absolute Gasteiger partial charge is 0.400 e. The second-order valence-electron chi connectivity index (χ2n) is 3.89.